The van der Waals surface area contributed by atoms with Gasteiger partial charge < -0.3 is 9.13 Å². The Labute approximate surface area is 220 Å². The summed E-state index contributed by atoms with van der Waals surface area (Å²) in [5.74, 6) is 0.310. The Morgan fingerprint density at radius 3 is 1.47 bits per heavy atom. The minimum absolute atomic E-state index is 0. The van der Waals surface area contributed by atoms with Gasteiger partial charge >= 0.3 is 20.4 Å². The van der Waals surface area contributed by atoms with Gasteiger partial charge in [0.25, 0.3) is 0 Å². The molecule has 36 heavy (non-hydrogen) atoms. The maximum absolute atomic E-state index is 14.5. The first-order valence-corrected chi connectivity index (χ1v) is 11.3. The summed E-state index contributed by atoms with van der Waals surface area (Å²) in [6.45, 7) is 4.06. The molecular formula is C29H20F2N4Pd. The smallest absolute Gasteiger partial charge is 0.426 e. The molecule has 4 heterocycles. The molecule has 0 N–H and O–H groups in total. The molecule has 0 bridgehead atoms. The number of hydrogen-bond donors (Lipinski definition) is 0. The Morgan fingerprint density at radius 1 is 0.611 bits per heavy atom. The average Bonchev–Trinajstić information content (AvgIpc) is 3.41. The van der Waals surface area contributed by atoms with E-state index in [4.69, 9.17) is 9.97 Å². The van der Waals surface area contributed by atoms with Gasteiger partial charge in [-0.1, -0.05) is 82.5 Å². The van der Waals surface area contributed by atoms with Crippen LogP contribution in [-0.4, -0.2) is 19.1 Å². The predicted molar refractivity (Wildman–Crippen MR) is 132 cm³/mol. The van der Waals surface area contributed by atoms with Gasteiger partial charge in [-0.2, -0.15) is 0 Å². The van der Waals surface area contributed by atoms with Gasteiger partial charge in [0, 0.05) is 16.8 Å². The molecule has 2 aromatic carbocycles. The van der Waals surface area contributed by atoms with Crippen LogP contribution in [0.25, 0.3) is 33.4 Å². The SMILES string of the molecule is CC(C)(c1cccc(-n2[c-]c(F)c3ccccc32)n1)c1cccc(-n2[c-]c(F)c3ccccc32)n1.[Pd+2]. The number of para-hydroxylation sites is 2. The van der Waals surface area contributed by atoms with Crippen LogP contribution in [-0.2, 0) is 25.8 Å². The standard InChI is InChI=1S/C29H20F2N4.Pd/c1-29(2,25-13-7-15-27(32-25)34-17-21(30)19-9-3-5-11-23(19)34)26-14-8-16-28(33-26)35-18-22(31)20-10-4-6-12-24(20)35;/h3-16H,1-2H3;/q-2;+2. The number of halogens is 2. The zero-order valence-electron chi connectivity index (χ0n) is 19.4. The number of nitrogens with zero attached hydrogens (tertiary/aromatic N) is 4. The van der Waals surface area contributed by atoms with Crippen molar-refractivity contribution in [2.24, 2.45) is 0 Å². The van der Waals surface area contributed by atoms with Crippen molar-refractivity contribution in [3.8, 4) is 11.6 Å². The normalized spacial score (nSPS) is 11.7. The molecule has 0 unspecified atom stereocenters. The largest absolute Gasteiger partial charge is 2.00 e. The molecule has 180 valence electrons. The van der Waals surface area contributed by atoms with Crippen molar-refractivity contribution < 1.29 is 29.2 Å². The van der Waals surface area contributed by atoms with Crippen molar-refractivity contribution in [1.29, 1.82) is 0 Å². The summed E-state index contributed by atoms with van der Waals surface area (Å²) in [6.07, 6.45) is 5.53. The molecule has 0 amide bonds. The van der Waals surface area contributed by atoms with Crippen LogP contribution in [0.5, 0.6) is 0 Å². The van der Waals surface area contributed by atoms with E-state index in [9.17, 15) is 8.78 Å². The van der Waals surface area contributed by atoms with E-state index in [1.807, 2.05) is 74.5 Å². The fourth-order valence-electron chi connectivity index (χ4n) is 4.43. The first kappa shape index (κ1) is 24.1. The minimum atomic E-state index is -0.588. The number of rotatable bonds is 4. The van der Waals surface area contributed by atoms with Gasteiger partial charge in [0.15, 0.2) is 0 Å². The van der Waals surface area contributed by atoms with E-state index in [-0.39, 0.29) is 20.4 Å². The molecule has 0 fully saturated rings. The number of benzene rings is 2. The first-order valence-electron chi connectivity index (χ1n) is 11.3. The maximum Gasteiger partial charge on any atom is 2.00 e. The molecule has 0 atom stereocenters. The second-order valence-electron chi connectivity index (χ2n) is 8.94. The Kier molecular flexibility index (Phi) is 6.07. The molecule has 0 aliphatic heterocycles. The zero-order valence-corrected chi connectivity index (χ0v) is 21.0. The molecule has 0 spiro atoms. The molecule has 6 aromatic rings. The average molecular weight is 569 g/mol. The van der Waals surface area contributed by atoms with E-state index in [2.05, 4.69) is 12.4 Å². The third kappa shape index (κ3) is 3.85. The Hall–Kier alpha value is -3.66. The monoisotopic (exact) mass is 568 g/mol. The minimum Gasteiger partial charge on any atom is -0.426 e. The van der Waals surface area contributed by atoms with Crippen molar-refractivity contribution in [1.82, 2.24) is 19.1 Å². The van der Waals surface area contributed by atoms with Crippen molar-refractivity contribution in [3.63, 3.8) is 0 Å². The molecule has 4 nitrogen and oxygen atoms in total. The van der Waals surface area contributed by atoms with Crippen LogP contribution in [0.3, 0.4) is 0 Å². The van der Waals surface area contributed by atoms with E-state index in [1.165, 1.54) is 0 Å². The van der Waals surface area contributed by atoms with Crippen molar-refractivity contribution in [3.05, 3.63) is 120 Å². The summed E-state index contributed by atoms with van der Waals surface area (Å²) in [6, 6.07) is 25.8. The fraction of sp³-hybridized carbons (Fsp3) is 0.103. The van der Waals surface area contributed by atoms with Gasteiger partial charge in [0.05, 0.1) is 23.3 Å². The Morgan fingerprint density at radius 2 is 1.03 bits per heavy atom. The van der Waals surface area contributed by atoms with Crippen LogP contribution in [0.2, 0.25) is 0 Å². The topological polar surface area (TPSA) is 35.6 Å². The third-order valence-corrected chi connectivity index (χ3v) is 6.39. The molecule has 0 aliphatic rings. The van der Waals surface area contributed by atoms with Gasteiger partial charge in [0.2, 0.25) is 0 Å². The van der Waals surface area contributed by atoms with Gasteiger partial charge in [-0.05, 0) is 38.4 Å². The summed E-state index contributed by atoms with van der Waals surface area (Å²) in [5.41, 5.74) is 2.33. The molecule has 0 saturated heterocycles. The van der Waals surface area contributed by atoms with Gasteiger partial charge in [0.1, 0.15) is 0 Å². The van der Waals surface area contributed by atoms with E-state index in [0.29, 0.717) is 33.4 Å². The number of fused-ring (bicyclic) bond motifs is 2. The molecule has 6 rings (SSSR count). The predicted octanol–water partition coefficient (Wildman–Crippen LogP) is 6.57. The summed E-state index contributed by atoms with van der Waals surface area (Å²) in [5, 5.41) is 0.992. The van der Waals surface area contributed by atoms with Crippen molar-refractivity contribution >= 4 is 21.8 Å². The molecule has 7 heteroatoms. The second-order valence-corrected chi connectivity index (χ2v) is 8.94. The summed E-state index contributed by atoms with van der Waals surface area (Å²) in [4.78, 5) is 9.72. The fourth-order valence-corrected chi connectivity index (χ4v) is 4.43. The Balaban J connectivity index is 0.00000267. The molecule has 4 aromatic heterocycles. The van der Waals surface area contributed by atoms with Gasteiger partial charge in [-0.15, -0.1) is 12.1 Å². The van der Waals surface area contributed by atoms with Crippen LogP contribution >= 0.6 is 0 Å². The third-order valence-electron chi connectivity index (χ3n) is 6.39. The zero-order chi connectivity index (χ0) is 24.2. The van der Waals surface area contributed by atoms with Crippen LogP contribution < -0.4 is 0 Å². The quantitative estimate of drug-likeness (QED) is 0.178. The summed E-state index contributed by atoms with van der Waals surface area (Å²) >= 11 is 0. The van der Waals surface area contributed by atoms with E-state index in [0.717, 1.165) is 11.4 Å². The number of pyridine rings is 2. The molecule has 0 radical (unpaired) electrons. The number of aromatic nitrogens is 4. The van der Waals surface area contributed by atoms with Gasteiger partial charge in [-0.3, -0.25) is 9.97 Å². The van der Waals surface area contributed by atoms with Crippen LogP contribution in [0.1, 0.15) is 25.2 Å². The van der Waals surface area contributed by atoms with Gasteiger partial charge in [-0.25, -0.2) is 8.78 Å². The summed E-state index contributed by atoms with van der Waals surface area (Å²) < 4.78 is 32.2. The van der Waals surface area contributed by atoms with E-state index < -0.39 is 17.0 Å². The first-order chi connectivity index (χ1) is 16.9. The van der Waals surface area contributed by atoms with Crippen LogP contribution in [0.4, 0.5) is 8.78 Å². The Bertz CT molecular complexity index is 1590. The number of hydrogen-bond acceptors (Lipinski definition) is 2. The van der Waals surface area contributed by atoms with E-state index in [1.54, 1.807) is 33.4 Å². The van der Waals surface area contributed by atoms with Crippen molar-refractivity contribution in [2.45, 2.75) is 19.3 Å². The molecular weight excluding hydrogens is 549 g/mol. The van der Waals surface area contributed by atoms with Crippen LogP contribution in [0.15, 0.2) is 84.9 Å². The molecule has 0 aliphatic carbocycles. The van der Waals surface area contributed by atoms with Crippen molar-refractivity contribution in [2.75, 3.05) is 0 Å². The van der Waals surface area contributed by atoms with E-state index >= 15 is 0 Å². The summed E-state index contributed by atoms with van der Waals surface area (Å²) in [7, 11) is 0. The second kappa shape index (κ2) is 9.09. The van der Waals surface area contributed by atoms with Crippen LogP contribution in [0, 0.1) is 24.0 Å². The molecule has 0 saturated carbocycles. The maximum atomic E-state index is 14.5.